The molecule has 2 aromatic carbocycles. The van der Waals surface area contributed by atoms with Gasteiger partial charge in [0, 0.05) is 60.9 Å². The van der Waals surface area contributed by atoms with Gasteiger partial charge in [0.2, 0.25) is 5.91 Å². The second-order valence-corrected chi connectivity index (χ2v) is 7.69. The van der Waals surface area contributed by atoms with Crippen LogP contribution in [0.2, 0.25) is 5.02 Å². The van der Waals surface area contributed by atoms with Crippen LogP contribution in [0.25, 0.3) is 11.3 Å². The molecule has 3 aromatic rings. The van der Waals surface area contributed by atoms with Gasteiger partial charge in [-0.2, -0.15) is 5.10 Å². The number of aromatic nitrogens is 2. The third-order valence-corrected chi connectivity index (χ3v) is 5.57. The predicted molar refractivity (Wildman–Crippen MR) is 115 cm³/mol. The van der Waals surface area contributed by atoms with Gasteiger partial charge in [-0.15, -0.1) is 0 Å². The van der Waals surface area contributed by atoms with Gasteiger partial charge in [-0.1, -0.05) is 29.8 Å². The lowest BCUT2D eigenvalue weighted by molar-refractivity contribution is -0.131. The maximum absolute atomic E-state index is 12.7. The number of benzene rings is 2. The van der Waals surface area contributed by atoms with E-state index in [0.29, 0.717) is 36.3 Å². The van der Waals surface area contributed by atoms with Gasteiger partial charge in [0.1, 0.15) is 17.2 Å². The van der Waals surface area contributed by atoms with Crippen LogP contribution in [0.4, 0.5) is 0 Å². The van der Waals surface area contributed by atoms with Gasteiger partial charge in [0.05, 0.1) is 5.02 Å². The molecule has 4 N–H and O–H groups in total. The first-order chi connectivity index (χ1) is 14.9. The number of phenols is 2. The molecule has 0 unspecified atom stereocenters. The van der Waals surface area contributed by atoms with E-state index in [1.54, 1.807) is 29.2 Å². The Balaban J connectivity index is 1.42. The zero-order chi connectivity index (χ0) is 22.0. The fourth-order valence-corrected chi connectivity index (χ4v) is 3.77. The van der Waals surface area contributed by atoms with Gasteiger partial charge in [-0.25, -0.2) is 0 Å². The first-order valence-electron chi connectivity index (χ1n) is 9.83. The van der Waals surface area contributed by atoms with E-state index < -0.39 is 0 Å². The summed E-state index contributed by atoms with van der Waals surface area (Å²) < 4.78 is 0. The van der Waals surface area contributed by atoms with E-state index in [9.17, 15) is 19.8 Å². The lowest BCUT2D eigenvalue weighted by atomic mass is 10.00. The van der Waals surface area contributed by atoms with Crippen LogP contribution in [-0.2, 0) is 17.8 Å². The van der Waals surface area contributed by atoms with Gasteiger partial charge in [-0.3, -0.25) is 14.7 Å². The number of phenolic OH excluding ortho intramolecular Hbond substituents is 2. The monoisotopic (exact) mass is 440 g/mol. The third-order valence-electron chi connectivity index (χ3n) is 5.27. The highest BCUT2D eigenvalue weighted by atomic mass is 35.5. The standard InChI is InChI=1S/C22H21ClN4O4/c23-16-10-14(18(28)11-19(16)29)21-15-12-27(9-7-17(15)25-26-21)20(30)6-8-24-22(31)13-4-2-1-3-5-13/h1-5,10-11,28-29H,6-9,12H2,(H,24,31)(H,25,26). The van der Waals surface area contributed by atoms with E-state index in [2.05, 4.69) is 15.5 Å². The van der Waals surface area contributed by atoms with E-state index in [1.165, 1.54) is 12.1 Å². The molecule has 0 saturated heterocycles. The van der Waals surface area contributed by atoms with Crippen molar-refractivity contribution in [3.05, 3.63) is 64.3 Å². The first-order valence-corrected chi connectivity index (χ1v) is 10.2. The SMILES string of the molecule is O=C(NCCC(=O)N1CCc2[nH]nc(-c3cc(Cl)c(O)cc3O)c2C1)c1ccccc1. The minimum absolute atomic E-state index is 0.0841. The number of halogens is 1. The summed E-state index contributed by atoms with van der Waals surface area (Å²) in [5.41, 5.74) is 3.10. The molecular weight excluding hydrogens is 420 g/mol. The quantitative estimate of drug-likeness (QED) is 0.486. The number of carbonyl (C=O) groups excluding carboxylic acids is 2. The Bertz CT molecular complexity index is 1130. The van der Waals surface area contributed by atoms with Gasteiger partial charge in [0.15, 0.2) is 0 Å². The summed E-state index contributed by atoms with van der Waals surface area (Å²) in [5, 5.41) is 30.0. The molecule has 0 radical (unpaired) electrons. The number of hydrogen-bond donors (Lipinski definition) is 4. The summed E-state index contributed by atoms with van der Waals surface area (Å²) >= 11 is 5.99. The van der Waals surface area contributed by atoms with Crippen LogP contribution in [0.1, 0.15) is 28.0 Å². The molecule has 0 aliphatic carbocycles. The Morgan fingerprint density at radius 3 is 2.71 bits per heavy atom. The van der Waals surface area contributed by atoms with Crippen molar-refractivity contribution in [1.29, 1.82) is 0 Å². The molecule has 160 valence electrons. The fraction of sp³-hybridized carbons (Fsp3) is 0.227. The number of amides is 2. The largest absolute Gasteiger partial charge is 0.507 e. The summed E-state index contributed by atoms with van der Waals surface area (Å²) in [6.45, 7) is 1.09. The molecule has 4 rings (SSSR count). The molecule has 9 heteroatoms. The molecule has 0 spiro atoms. The van der Waals surface area contributed by atoms with Crippen molar-refractivity contribution in [3.63, 3.8) is 0 Å². The van der Waals surface area contributed by atoms with E-state index in [1.807, 2.05) is 6.07 Å². The normalized spacial score (nSPS) is 13.0. The van der Waals surface area contributed by atoms with E-state index in [-0.39, 0.29) is 41.3 Å². The van der Waals surface area contributed by atoms with Crippen molar-refractivity contribution < 1.29 is 19.8 Å². The molecule has 1 aliphatic rings. The Morgan fingerprint density at radius 2 is 1.94 bits per heavy atom. The average Bonchev–Trinajstić information content (AvgIpc) is 3.19. The van der Waals surface area contributed by atoms with Crippen molar-refractivity contribution in [1.82, 2.24) is 20.4 Å². The average molecular weight is 441 g/mol. The smallest absolute Gasteiger partial charge is 0.251 e. The van der Waals surface area contributed by atoms with Crippen LogP contribution in [0.15, 0.2) is 42.5 Å². The molecular formula is C22H21ClN4O4. The number of aromatic amines is 1. The van der Waals surface area contributed by atoms with E-state index in [4.69, 9.17) is 11.6 Å². The van der Waals surface area contributed by atoms with Gasteiger partial charge in [-0.05, 0) is 18.2 Å². The molecule has 2 amide bonds. The highest BCUT2D eigenvalue weighted by Gasteiger charge is 2.27. The highest BCUT2D eigenvalue weighted by Crippen LogP contribution is 2.39. The molecule has 0 saturated carbocycles. The lowest BCUT2D eigenvalue weighted by Crippen LogP contribution is -2.38. The molecule has 1 aliphatic heterocycles. The molecule has 1 aromatic heterocycles. The second kappa shape index (κ2) is 8.69. The highest BCUT2D eigenvalue weighted by molar-refractivity contribution is 6.32. The topological polar surface area (TPSA) is 119 Å². The number of nitrogens with one attached hydrogen (secondary N) is 2. The number of rotatable bonds is 5. The third kappa shape index (κ3) is 4.34. The van der Waals surface area contributed by atoms with Gasteiger partial charge >= 0.3 is 0 Å². The second-order valence-electron chi connectivity index (χ2n) is 7.29. The van der Waals surface area contributed by atoms with Crippen molar-refractivity contribution in [2.75, 3.05) is 13.1 Å². The fourth-order valence-electron chi connectivity index (χ4n) is 3.60. The zero-order valence-corrected chi connectivity index (χ0v) is 17.3. The van der Waals surface area contributed by atoms with Crippen LogP contribution in [0.3, 0.4) is 0 Å². The molecule has 8 nitrogen and oxygen atoms in total. The van der Waals surface area contributed by atoms with Crippen molar-refractivity contribution in [2.24, 2.45) is 0 Å². The van der Waals surface area contributed by atoms with E-state index >= 15 is 0 Å². The summed E-state index contributed by atoms with van der Waals surface area (Å²) in [4.78, 5) is 26.5. The number of fused-ring (bicyclic) bond motifs is 1. The molecule has 31 heavy (non-hydrogen) atoms. The van der Waals surface area contributed by atoms with Crippen LogP contribution in [0, 0.1) is 0 Å². The summed E-state index contributed by atoms with van der Waals surface area (Å²) in [6.07, 6.45) is 0.772. The maximum atomic E-state index is 12.7. The van der Waals surface area contributed by atoms with E-state index in [0.717, 1.165) is 11.3 Å². The first kappa shape index (κ1) is 20.7. The summed E-state index contributed by atoms with van der Waals surface area (Å²) in [5.74, 6) is -0.671. The van der Waals surface area contributed by atoms with Crippen molar-refractivity contribution in [3.8, 4) is 22.8 Å². The van der Waals surface area contributed by atoms with Crippen LogP contribution in [0.5, 0.6) is 11.5 Å². The van der Waals surface area contributed by atoms with Crippen LogP contribution < -0.4 is 5.32 Å². The minimum atomic E-state index is -0.221. The van der Waals surface area contributed by atoms with Crippen molar-refractivity contribution >= 4 is 23.4 Å². The lowest BCUT2D eigenvalue weighted by Gasteiger charge is -2.27. The molecule has 0 fully saturated rings. The summed E-state index contributed by atoms with van der Waals surface area (Å²) in [7, 11) is 0. The Morgan fingerprint density at radius 1 is 1.16 bits per heavy atom. The Hall–Kier alpha value is -3.52. The Kier molecular flexibility index (Phi) is 5.81. The number of hydrogen-bond acceptors (Lipinski definition) is 5. The predicted octanol–water partition coefficient (Wildman–Crippen LogP) is 2.85. The number of aromatic hydroxyl groups is 2. The van der Waals surface area contributed by atoms with Gasteiger partial charge in [0.25, 0.3) is 5.91 Å². The molecule has 2 heterocycles. The number of carbonyl (C=O) groups is 2. The van der Waals surface area contributed by atoms with Crippen LogP contribution >= 0.6 is 11.6 Å². The summed E-state index contributed by atoms with van der Waals surface area (Å²) in [6, 6.07) is 11.5. The maximum Gasteiger partial charge on any atom is 0.251 e. The number of nitrogens with zero attached hydrogens (tertiary/aromatic N) is 2. The van der Waals surface area contributed by atoms with Crippen LogP contribution in [-0.4, -0.2) is 50.2 Å². The van der Waals surface area contributed by atoms with Gasteiger partial charge < -0.3 is 20.4 Å². The van der Waals surface area contributed by atoms with Crippen molar-refractivity contribution in [2.45, 2.75) is 19.4 Å². The number of H-pyrrole nitrogens is 1. The Labute approximate surface area is 183 Å². The molecule has 0 bridgehead atoms. The molecule has 0 atom stereocenters. The minimum Gasteiger partial charge on any atom is -0.507 e. The zero-order valence-electron chi connectivity index (χ0n) is 16.6.